The van der Waals surface area contributed by atoms with Crippen molar-refractivity contribution >= 4 is 30.3 Å². The van der Waals surface area contributed by atoms with Crippen molar-refractivity contribution in [1.82, 2.24) is 5.32 Å². The Kier molecular flexibility index (Phi) is 8.88. The summed E-state index contributed by atoms with van der Waals surface area (Å²) in [5.74, 6) is 0. The number of alkyl halides is 1. The Morgan fingerprint density at radius 2 is 1.79 bits per heavy atom. The van der Waals surface area contributed by atoms with Crippen LogP contribution in [-0.4, -0.2) is 55.4 Å². The highest BCUT2D eigenvalue weighted by Crippen LogP contribution is 2.37. The minimum absolute atomic E-state index is 0.157. The normalized spacial score (nSPS) is 19.3. The molecule has 1 aromatic carbocycles. The molecule has 0 bridgehead atoms. The lowest BCUT2D eigenvalue weighted by atomic mass is 9.73. The van der Waals surface area contributed by atoms with Gasteiger partial charge in [0, 0.05) is 18.0 Å². The second kappa shape index (κ2) is 10.5. The van der Waals surface area contributed by atoms with E-state index in [1.807, 2.05) is 46.8 Å². The van der Waals surface area contributed by atoms with Crippen LogP contribution < -0.4 is 10.8 Å². The van der Waals surface area contributed by atoms with Gasteiger partial charge < -0.3 is 24.1 Å². The molecule has 0 saturated carbocycles. The summed E-state index contributed by atoms with van der Waals surface area (Å²) in [6.45, 7) is 16.5. The number of hydrogen-bond acceptors (Lipinski definition) is 5. The van der Waals surface area contributed by atoms with Gasteiger partial charge in [0.15, 0.2) is 0 Å². The lowest BCUT2D eigenvalue weighted by Crippen LogP contribution is -2.42. The Bertz CT molecular complexity index is 827. The average molecular weight is 486 g/mol. The molecular formula is C24H38BClFNO5. The van der Waals surface area contributed by atoms with E-state index in [4.69, 9.17) is 30.4 Å². The zero-order valence-corrected chi connectivity index (χ0v) is 22.1. The summed E-state index contributed by atoms with van der Waals surface area (Å²) in [4.78, 5) is 12.2. The number of rotatable bonds is 8. The van der Waals surface area contributed by atoms with E-state index in [0.29, 0.717) is 11.4 Å². The van der Waals surface area contributed by atoms with E-state index in [9.17, 15) is 9.18 Å². The molecule has 2 unspecified atom stereocenters. The number of benzene rings is 1. The molecule has 6 nitrogen and oxygen atoms in total. The molecule has 1 N–H and O–H groups in total. The van der Waals surface area contributed by atoms with E-state index in [1.165, 1.54) is 0 Å². The highest BCUT2D eigenvalue weighted by atomic mass is 35.5. The van der Waals surface area contributed by atoms with E-state index in [1.54, 1.807) is 27.7 Å². The summed E-state index contributed by atoms with van der Waals surface area (Å²) in [5.41, 5.74) is 1.02. The van der Waals surface area contributed by atoms with Crippen LogP contribution in [0.5, 0.6) is 0 Å². The molecule has 1 aliphatic rings. The predicted octanol–water partition coefficient (Wildman–Crippen LogP) is 4.76. The van der Waals surface area contributed by atoms with E-state index in [0.717, 1.165) is 16.6 Å². The summed E-state index contributed by atoms with van der Waals surface area (Å²) in [6, 6.07) is 3.70. The number of aryl methyl sites for hydroxylation is 1. The number of amides is 1. The Morgan fingerprint density at radius 1 is 1.21 bits per heavy atom. The van der Waals surface area contributed by atoms with Crippen molar-refractivity contribution in [3.05, 3.63) is 28.3 Å². The van der Waals surface area contributed by atoms with Crippen molar-refractivity contribution < 1.29 is 28.0 Å². The van der Waals surface area contributed by atoms with Crippen molar-refractivity contribution in [2.75, 3.05) is 13.2 Å². The Labute approximate surface area is 203 Å². The summed E-state index contributed by atoms with van der Waals surface area (Å²) >= 11 is 6.38. The fraction of sp³-hybridized carbons (Fsp3) is 0.708. The van der Waals surface area contributed by atoms with Gasteiger partial charge in [0.25, 0.3) is 0 Å². The number of halogens is 2. The van der Waals surface area contributed by atoms with Gasteiger partial charge >= 0.3 is 13.2 Å². The number of ether oxygens (including phenoxy) is 2. The Balaban J connectivity index is 2.31. The van der Waals surface area contributed by atoms with Crippen LogP contribution in [0.4, 0.5) is 9.18 Å². The van der Waals surface area contributed by atoms with E-state index in [-0.39, 0.29) is 6.54 Å². The highest BCUT2D eigenvalue weighted by Gasteiger charge is 2.52. The van der Waals surface area contributed by atoms with Gasteiger partial charge in [-0.3, -0.25) is 0 Å². The van der Waals surface area contributed by atoms with Crippen LogP contribution >= 0.6 is 11.6 Å². The number of carbonyl (C=O) groups excluding carboxylic acids is 1. The van der Waals surface area contributed by atoms with Crippen LogP contribution in [0.15, 0.2) is 12.1 Å². The lowest BCUT2D eigenvalue weighted by Gasteiger charge is -2.32. The molecule has 0 aromatic heterocycles. The van der Waals surface area contributed by atoms with Gasteiger partial charge in [-0.15, -0.1) is 0 Å². The van der Waals surface area contributed by atoms with Crippen LogP contribution in [-0.2, 0) is 25.2 Å². The molecular weight excluding hydrogens is 448 g/mol. The fourth-order valence-corrected chi connectivity index (χ4v) is 3.81. The first kappa shape index (κ1) is 27.9. The molecule has 2 atom stereocenters. The van der Waals surface area contributed by atoms with E-state index >= 15 is 0 Å². The van der Waals surface area contributed by atoms with E-state index < -0.39 is 48.9 Å². The molecule has 1 fully saturated rings. The average Bonchev–Trinajstić information content (AvgIpc) is 2.87. The largest absolute Gasteiger partial charge is 0.495 e. The molecule has 33 heavy (non-hydrogen) atoms. The molecule has 1 amide bonds. The molecule has 9 heteroatoms. The SMILES string of the molecule is Cc1cc(Cl)cc(B2OC(C)(C)C(C)(C)O2)c1CC(CNC(=O)OC(C)(C)C)OC(C)CF. The van der Waals surface area contributed by atoms with Crippen LogP contribution in [0.1, 0.15) is 66.5 Å². The lowest BCUT2D eigenvalue weighted by molar-refractivity contribution is -0.0146. The van der Waals surface area contributed by atoms with Gasteiger partial charge in [-0.1, -0.05) is 11.6 Å². The van der Waals surface area contributed by atoms with Crippen molar-refractivity contribution in [2.24, 2.45) is 0 Å². The monoisotopic (exact) mass is 485 g/mol. The van der Waals surface area contributed by atoms with Gasteiger partial charge in [-0.05, 0) is 91.0 Å². The summed E-state index contributed by atoms with van der Waals surface area (Å²) in [7, 11) is -0.611. The molecule has 2 rings (SSSR count). The van der Waals surface area contributed by atoms with E-state index in [2.05, 4.69) is 5.32 Å². The van der Waals surface area contributed by atoms with Gasteiger partial charge in [0.05, 0.1) is 23.4 Å². The third kappa shape index (κ3) is 7.57. The standard InChI is InChI=1S/C24H38BClFNO5/c1-15-10-17(26)11-20(25-32-23(6,7)24(8,9)33-25)19(15)12-18(30-16(2)13-27)14-28-21(29)31-22(3,4)5/h10-11,16,18H,12-14H2,1-9H3,(H,28,29). The smallest absolute Gasteiger partial charge is 0.444 e. The van der Waals surface area contributed by atoms with Crippen LogP contribution in [0.2, 0.25) is 5.02 Å². The van der Waals surface area contributed by atoms with Gasteiger partial charge in [-0.2, -0.15) is 0 Å². The third-order valence-electron chi connectivity index (χ3n) is 5.93. The van der Waals surface area contributed by atoms with Crippen molar-refractivity contribution in [3.63, 3.8) is 0 Å². The van der Waals surface area contributed by atoms with Gasteiger partial charge in [-0.25, -0.2) is 9.18 Å². The molecule has 186 valence electrons. The molecule has 0 spiro atoms. The molecule has 1 heterocycles. The van der Waals surface area contributed by atoms with Crippen LogP contribution in [0.25, 0.3) is 0 Å². The van der Waals surface area contributed by atoms with Crippen LogP contribution in [0.3, 0.4) is 0 Å². The third-order valence-corrected chi connectivity index (χ3v) is 6.14. The first-order valence-corrected chi connectivity index (χ1v) is 11.8. The summed E-state index contributed by atoms with van der Waals surface area (Å²) in [5, 5.41) is 3.31. The molecule has 1 saturated heterocycles. The zero-order chi connectivity index (χ0) is 25.2. The maximum Gasteiger partial charge on any atom is 0.495 e. The first-order valence-electron chi connectivity index (χ1n) is 11.4. The molecule has 1 aliphatic heterocycles. The summed E-state index contributed by atoms with van der Waals surface area (Å²) < 4.78 is 37.0. The maximum atomic E-state index is 13.2. The first-order chi connectivity index (χ1) is 15.0. The number of nitrogens with one attached hydrogen (secondary N) is 1. The number of carbonyl (C=O) groups is 1. The van der Waals surface area contributed by atoms with Crippen LogP contribution in [0, 0.1) is 6.92 Å². The topological polar surface area (TPSA) is 66.0 Å². The Morgan fingerprint density at radius 3 is 2.30 bits per heavy atom. The predicted molar refractivity (Wildman–Crippen MR) is 130 cm³/mol. The molecule has 0 radical (unpaired) electrons. The quantitative estimate of drug-likeness (QED) is 0.538. The van der Waals surface area contributed by atoms with Crippen molar-refractivity contribution in [1.29, 1.82) is 0 Å². The second-order valence-electron chi connectivity index (χ2n) is 10.7. The zero-order valence-electron chi connectivity index (χ0n) is 21.3. The minimum Gasteiger partial charge on any atom is -0.444 e. The van der Waals surface area contributed by atoms with Crippen molar-refractivity contribution in [2.45, 2.75) is 97.7 Å². The fourth-order valence-electron chi connectivity index (χ4n) is 3.53. The number of alkyl carbamates (subject to hydrolysis) is 1. The van der Waals surface area contributed by atoms with Gasteiger partial charge in [0.1, 0.15) is 12.3 Å². The minimum atomic E-state index is -0.632. The van der Waals surface area contributed by atoms with Gasteiger partial charge in [0.2, 0.25) is 0 Å². The maximum absolute atomic E-state index is 13.2. The molecule has 1 aromatic rings. The second-order valence-corrected chi connectivity index (χ2v) is 11.1. The summed E-state index contributed by atoms with van der Waals surface area (Å²) in [6.07, 6.45) is -1.27. The molecule has 0 aliphatic carbocycles. The number of hydrogen-bond donors (Lipinski definition) is 1. The van der Waals surface area contributed by atoms with Crippen molar-refractivity contribution in [3.8, 4) is 0 Å². The highest BCUT2D eigenvalue weighted by molar-refractivity contribution is 6.63. The Hall–Kier alpha value is -1.35.